The van der Waals surface area contributed by atoms with E-state index in [0.717, 1.165) is 10.0 Å². The van der Waals surface area contributed by atoms with Gasteiger partial charge < -0.3 is 5.32 Å². The number of benzene rings is 1. The van der Waals surface area contributed by atoms with Crippen LogP contribution >= 0.6 is 15.9 Å². The zero-order valence-electron chi connectivity index (χ0n) is 11.7. The summed E-state index contributed by atoms with van der Waals surface area (Å²) in [5.41, 5.74) is 1.07. The maximum Gasteiger partial charge on any atom is 0.401 e. The summed E-state index contributed by atoms with van der Waals surface area (Å²) in [6.45, 7) is 1.71. The maximum absolute atomic E-state index is 12.4. The lowest BCUT2D eigenvalue weighted by Crippen LogP contribution is -2.36. The van der Waals surface area contributed by atoms with Crippen molar-refractivity contribution >= 4 is 15.9 Å². The Labute approximate surface area is 126 Å². The van der Waals surface area contributed by atoms with Gasteiger partial charge in [0.2, 0.25) is 0 Å². The van der Waals surface area contributed by atoms with Gasteiger partial charge in [-0.2, -0.15) is 13.2 Å². The normalized spacial score (nSPS) is 13.8. The number of hydrogen-bond donors (Lipinski definition) is 1. The van der Waals surface area contributed by atoms with E-state index in [1.165, 1.54) is 4.90 Å². The molecule has 0 aliphatic carbocycles. The van der Waals surface area contributed by atoms with Gasteiger partial charge in [-0.3, -0.25) is 4.90 Å². The van der Waals surface area contributed by atoms with Gasteiger partial charge in [0.15, 0.2) is 0 Å². The molecule has 0 radical (unpaired) electrons. The molecule has 0 fully saturated rings. The Bertz CT molecular complexity index is 410. The van der Waals surface area contributed by atoms with Gasteiger partial charge in [-0.25, -0.2) is 0 Å². The molecule has 0 aromatic heterocycles. The van der Waals surface area contributed by atoms with E-state index in [0.29, 0.717) is 19.5 Å². The van der Waals surface area contributed by atoms with Crippen LogP contribution < -0.4 is 5.32 Å². The van der Waals surface area contributed by atoms with Crippen molar-refractivity contribution in [3.8, 4) is 0 Å². The quantitative estimate of drug-likeness (QED) is 0.798. The standard InChI is InChI=1S/C14H20BrF3N2/c1-3-20(10-14(16,17)18)8-7-13(19-2)11-5-4-6-12(15)9-11/h4-6,9,13,19H,3,7-8,10H2,1-2H3. The predicted molar refractivity (Wildman–Crippen MR) is 78.7 cm³/mol. The van der Waals surface area contributed by atoms with Crippen molar-refractivity contribution in [2.45, 2.75) is 25.6 Å². The number of halogens is 4. The number of nitrogens with one attached hydrogen (secondary N) is 1. The van der Waals surface area contributed by atoms with Crippen LogP contribution in [0.3, 0.4) is 0 Å². The third-order valence-corrected chi connectivity index (χ3v) is 3.68. The number of alkyl halides is 3. The Morgan fingerprint density at radius 1 is 1.35 bits per heavy atom. The van der Waals surface area contributed by atoms with E-state index in [1.807, 2.05) is 31.3 Å². The highest BCUT2D eigenvalue weighted by molar-refractivity contribution is 9.10. The fourth-order valence-corrected chi connectivity index (χ4v) is 2.53. The van der Waals surface area contributed by atoms with Crippen LogP contribution in [-0.4, -0.2) is 37.8 Å². The molecule has 1 aromatic carbocycles. The van der Waals surface area contributed by atoms with E-state index in [2.05, 4.69) is 21.2 Å². The fraction of sp³-hybridized carbons (Fsp3) is 0.571. The first kappa shape index (κ1) is 17.5. The van der Waals surface area contributed by atoms with Gasteiger partial charge in [-0.15, -0.1) is 0 Å². The average molecular weight is 353 g/mol. The van der Waals surface area contributed by atoms with E-state index in [4.69, 9.17) is 0 Å². The molecule has 2 nitrogen and oxygen atoms in total. The topological polar surface area (TPSA) is 15.3 Å². The summed E-state index contributed by atoms with van der Waals surface area (Å²) in [6, 6.07) is 7.87. The van der Waals surface area contributed by atoms with Crippen LogP contribution in [-0.2, 0) is 0 Å². The van der Waals surface area contributed by atoms with Crippen LogP contribution in [0.15, 0.2) is 28.7 Å². The second-order valence-corrected chi connectivity index (χ2v) is 5.58. The molecule has 20 heavy (non-hydrogen) atoms. The van der Waals surface area contributed by atoms with E-state index >= 15 is 0 Å². The lowest BCUT2D eigenvalue weighted by Gasteiger charge is -2.25. The Kier molecular flexibility index (Phi) is 6.99. The van der Waals surface area contributed by atoms with E-state index in [-0.39, 0.29) is 6.04 Å². The Hall–Kier alpha value is -0.590. The summed E-state index contributed by atoms with van der Waals surface area (Å²) >= 11 is 3.41. The zero-order chi connectivity index (χ0) is 15.2. The van der Waals surface area contributed by atoms with Crippen LogP contribution in [0.1, 0.15) is 24.9 Å². The highest BCUT2D eigenvalue weighted by Gasteiger charge is 2.30. The molecule has 0 bridgehead atoms. The Balaban J connectivity index is 2.60. The Morgan fingerprint density at radius 3 is 2.55 bits per heavy atom. The molecule has 1 atom stereocenters. The first-order chi connectivity index (χ1) is 9.35. The summed E-state index contributed by atoms with van der Waals surface area (Å²) in [5.74, 6) is 0. The molecule has 6 heteroatoms. The van der Waals surface area contributed by atoms with Crippen LogP contribution in [0.2, 0.25) is 0 Å². The maximum atomic E-state index is 12.4. The third-order valence-electron chi connectivity index (χ3n) is 3.18. The first-order valence-corrected chi connectivity index (χ1v) is 7.37. The molecule has 1 N–H and O–H groups in total. The smallest absolute Gasteiger partial charge is 0.313 e. The molecule has 0 amide bonds. The van der Waals surface area contributed by atoms with Crippen LogP contribution in [0, 0.1) is 0 Å². The van der Waals surface area contributed by atoms with Gasteiger partial charge in [-0.05, 0) is 37.7 Å². The summed E-state index contributed by atoms with van der Waals surface area (Å²) in [4.78, 5) is 1.42. The van der Waals surface area contributed by atoms with Crippen LogP contribution in [0.25, 0.3) is 0 Å². The highest BCUT2D eigenvalue weighted by atomic mass is 79.9. The minimum Gasteiger partial charge on any atom is -0.313 e. The SMILES string of the molecule is CCN(CCC(NC)c1cccc(Br)c1)CC(F)(F)F. The van der Waals surface area contributed by atoms with E-state index in [1.54, 1.807) is 6.92 Å². The highest BCUT2D eigenvalue weighted by Crippen LogP contribution is 2.22. The molecule has 1 unspecified atom stereocenters. The first-order valence-electron chi connectivity index (χ1n) is 6.57. The lowest BCUT2D eigenvalue weighted by atomic mass is 10.0. The van der Waals surface area contributed by atoms with Crippen LogP contribution in [0.5, 0.6) is 0 Å². The van der Waals surface area contributed by atoms with Crippen molar-refractivity contribution in [2.24, 2.45) is 0 Å². The molecule has 0 aliphatic rings. The molecule has 0 spiro atoms. The number of rotatable bonds is 7. The van der Waals surface area contributed by atoms with E-state index in [9.17, 15) is 13.2 Å². The van der Waals surface area contributed by atoms with Crippen molar-refractivity contribution in [1.29, 1.82) is 0 Å². The van der Waals surface area contributed by atoms with E-state index < -0.39 is 12.7 Å². The van der Waals surface area contributed by atoms with Crippen molar-refractivity contribution < 1.29 is 13.2 Å². The lowest BCUT2D eigenvalue weighted by molar-refractivity contribution is -0.145. The van der Waals surface area contributed by atoms with Crippen molar-refractivity contribution in [1.82, 2.24) is 10.2 Å². The molecular formula is C14H20BrF3N2. The summed E-state index contributed by atoms with van der Waals surface area (Å²) in [6.07, 6.45) is -3.50. The molecule has 0 aliphatic heterocycles. The fourth-order valence-electron chi connectivity index (χ4n) is 2.12. The summed E-state index contributed by atoms with van der Waals surface area (Å²) in [7, 11) is 1.83. The molecule has 0 saturated heterocycles. The van der Waals surface area contributed by atoms with Gasteiger partial charge >= 0.3 is 6.18 Å². The molecule has 1 rings (SSSR count). The number of hydrogen-bond acceptors (Lipinski definition) is 2. The largest absolute Gasteiger partial charge is 0.401 e. The predicted octanol–water partition coefficient (Wildman–Crippen LogP) is 3.98. The van der Waals surface area contributed by atoms with Gasteiger partial charge in [0.05, 0.1) is 6.54 Å². The minimum absolute atomic E-state index is 0.0507. The third kappa shape index (κ3) is 6.24. The zero-order valence-corrected chi connectivity index (χ0v) is 13.3. The number of nitrogens with zero attached hydrogens (tertiary/aromatic N) is 1. The van der Waals surface area contributed by atoms with Crippen molar-refractivity contribution in [3.63, 3.8) is 0 Å². The van der Waals surface area contributed by atoms with Gasteiger partial charge in [-0.1, -0.05) is 35.0 Å². The monoisotopic (exact) mass is 352 g/mol. The Morgan fingerprint density at radius 2 is 2.05 bits per heavy atom. The van der Waals surface area contributed by atoms with Gasteiger partial charge in [0, 0.05) is 17.1 Å². The van der Waals surface area contributed by atoms with Crippen molar-refractivity contribution in [3.05, 3.63) is 34.3 Å². The second kappa shape index (κ2) is 8.00. The molecule has 0 heterocycles. The molecule has 0 saturated carbocycles. The van der Waals surface area contributed by atoms with Gasteiger partial charge in [0.25, 0.3) is 0 Å². The summed E-state index contributed by atoms with van der Waals surface area (Å²) < 4.78 is 38.2. The second-order valence-electron chi connectivity index (χ2n) is 4.67. The minimum atomic E-state index is -4.14. The average Bonchev–Trinajstić information content (AvgIpc) is 2.36. The summed E-state index contributed by atoms with van der Waals surface area (Å²) in [5, 5.41) is 3.16. The van der Waals surface area contributed by atoms with Crippen molar-refractivity contribution in [2.75, 3.05) is 26.7 Å². The molecule has 114 valence electrons. The molecule has 1 aromatic rings. The molecular weight excluding hydrogens is 333 g/mol. The van der Waals surface area contributed by atoms with Gasteiger partial charge in [0.1, 0.15) is 0 Å². The van der Waals surface area contributed by atoms with Crippen LogP contribution in [0.4, 0.5) is 13.2 Å².